The second kappa shape index (κ2) is 9.09. The summed E-state index contributed by atoms with van der Waals surface area (Å²) in [6.07, 6.45) is -2.77. The normalized spacial score (nSPS) is 24.1. The van der Waals surface area contributed by atoms with E-state index in [0.29, 0.717) is 11.2 Å². The van der Waals surface area contributed by atoms with Crippen molar-refractivity contribution in [3.8, 4) is 6.07 Å². The quantitative estimate of drug-likeness (QED) is 0.509. The van der Waals surface area contributed by atoms with E-state index in [4.69, 9.17) is 19.9 Å². The molecule has 0 aliphatic carbocycles. The molecule has 0 amide bonds. The molecule has 2 aromatic heterocycles. The molecule has 1 aromatic carbocycles. The van der Waals surface area contributed by atoms with Crippen molar-refractivity contribution in [3.05, 3.63) is 60.0 Å². The molecule has 176 valence electrons. The maximum atomic E-state index is 12.4. The van der Waals surface area contributed by atoms with Crippen molar-refractivity contribution < 1.29 is 28.9 Å². The lowest BCUT2D eigenvalue weighted by Gasteiger charge is -2.24. The molecule has 1 aliphatic heterocycles. The lowest BCUT2D eigenvalue weighted by molar-refractivity contribution is -0.159. The zero-order chi connectivity index (χ0) is 24.5. The second-order valence-corrected chi connectivity index (χ2v) is 8.18. The number of nitrogen functional groups attached to an aromatic ring is 1. The SMILES string of the molecule is CC(C)C(=O)O[C@H]1[C@H](c2ccc3c(N)ncnn23)O[C@](C#N)(COC(=O)c2ccccc2)[C@H]1O. The summed E-state index contributed by atoms with van der Waals surface area (Å²) in [4.78, 5) is 28.8. The molecular formula is C23H23N5O6. The summed E-state index contributed by atoms with van der Waals surface area (Å²) >= 11 is 0. The molecule has 1 aliphatic rings. The fraction of sp³-hybridized carbons (Fsp3) is 0.348. The van der Waals surface area contributed by atoms with Crippen LogP contribution in [0.1, 0.15) is 36.0 Å². The monoisotopic (exact) mass is 465 g/mol. The Labute approximate surface area is 194 Å². The van der Waals surface area contributed by atoms with Gasteiger partial charge in [-0.2, -0.15) is 10.4 Å². The van der Waals surface area contributed by atoms with Crippen molar-refractivity contribution >= 4 is 23.3 Å². The largest absolute Gasteiger partial charge is 0.458 e. The first-order valence-corrected chi connectivity index (χ1v) is 10.6. The van der Waals surface area contributed by atoms with Crippen LogP contribution < -0.4 is 5.73 Å². The van der Waals surface area contributed by atoms with Crippen LogP contribution in [0.3, 0.4) is 0 Å². The summed E-state index contributed by atoms with van der Waals surface area (Å²) in [5, 5.41) is 25.3. The Hall–Kier alpha value is -4.01. The Morgan fingerprint density at radius 2 is 2.03 bits per heavy atom. The van der Waals surface area contributed by atoms with Crippen LogP contribution in [0.5, 0.6) is 0 Å². The van der Waals surface area contributed by atoms with Gasteiger partial charge in [-0.05, 0) is 24.3 Å². The van der Waals surface area contributed by atoms with Gasteiger partial charge < -0.3 is 25.1 Å². The molecule has 34 heavy (non-hydrogen) atoms. The van der Waals surface area contributed by atoms with E-state index >= 15 is 0 Å². The third-order valence-corrected chi connectivity index (χ3v) is 5.57. The highest BCUT2D eigenvalue weighted by Gasteiger charge is 2.59. The summed E-state index contributed by atoms with van der Waals surface area (Å²) in [6, 6.07) is 13.4. The maximum absolute atomic E-state index is 12.4. The predicted molar refractivity (Wildman–Crippen MR) is 117 cm³/mol. The fourth-order valence-electron chi connectivity index (χ4n) is 3.68. The first-order valence-electron chi connectivity index (χ1n) is 10.6. The Morgan fingerprint density at radius 1 is 1.29 bits per heavy atom. The topological polar surface area (TPSA) is 162 Å². The van der Waals surface area contributed by atoms with Crippen LogP contribution in [0, 0.1) is 17.2 Å². The minimum atomic E-state index is -2.00. The number of fused-ring (bicyclic) bond motifs is 1. The number of ether oxygens (including phenoxy) is 3. The van der Waals surface area contributed by atoms with E-state index in [9.17, 15) is 20.0 Å². The van der Waals surface area contributed by atoms with Crippen LogP contribution in [0.4, 0.5) is 5.82 Å². The standard InChI is InChI=1S/C23H23N5O6/c1-13(2)21(30)33-18-17(15-8-9-16-20(25)26-12-27-28(15)16)34-23(10-24,19(18)29)11-32-22(31)14-6-4-3-5-7-14/h3-9,12-13,17-19,29H,11H2,1-2H3,(H2,25,26,27)/t17-,18-,19-,23+/m0/s1. The molecule has 0 radical (unpaired) electrons. The number of carbonyl (C=O) groups excluding carboxylic acids is 2. The Morgan fingerprint density at radius 3 is 2.71 bits per heavy atom. The molecule has 0 bridgehead atoms. The number of aliphatic hydroxyl groups is 1. The molecule has 3 aromatic rings. The van der Waals surface area contributed by atoms with Gasteiger partial charge in [0.1, 0.15) is 36.7 Å². The molecule has 3 heterocycles. The zero-order valence-electron chi connectivity index (χ0n) is 18.5. The molecule has 4 atom stereocenters. The molecule has 0 unspecified atom stereocenters. The number of rotatable bonds is 6. The van der Waals surface area contributed by atoms with Crippen LogP contribution in [0.2, 0.25) is 0 Å². The van der Waals surface area contributed by atoms with Crippen molar-refractivity contribution in [1.82, 2.24) is 14.6 Å². The number of hydrogen-bond donors (Lipinski definition) is 2. The minimum Gasteiger partial charge on any atom is -0.458 e. The molecule has 3 N–H and O–H groups in total. The number of aliphatic hydroxyl groups excluding tert-OH is 1. The van der Waals surface area contributed by atoms with Gasteiger partial charge in [-0.25, -0.2) is 14.3 Å². The Balaban J connectivity index is 1.68. The van der Waals surface area contributed by atoms with Gasteiger partial charge in [-0.15, -0.1) is 0 Å². The number of nitrogens with zero attached hydrogens (tertiary/aromatic N) is 4. The van der Waals surface area contributed by atoms with Crippen molar-refractivity contribution in [2.75, 3.05) is 12.3 Å². The molecule has 11 heteroatoms. The van der Waals surface area contributed by atoms with Crippen LogP contribution in [-0.4, -0.2) is 56.1 Å². The Kier molecular flexibility index (Phi) is 6.19. The number of hydrogen-bond acceptors (Lipinski definition) is 10. The zero-order valence-corrected chi connectivity index (χ0v) is 18.5. The summed E-state index contributed by atoms with van der Waals surface area (Å²) < 4.78 is 18.3. The van der Waals surface area contributed by atoms with Crippen molar-refractivity contribution in [2.45, 2.75) is 37.8 Å². The number of nitrogens with two attached hydrogens (primary N) is 1. The maximum Gasteiger partial charge on any atom is 0.338 e. The summed E-state index contributed by atoms with van der Waals surface area (Å²) in [5.74, 6) is -1.58. The van der Waals surface area contributed by atoms with Gasteiger partial charge in [0.2, 0.25) is 5.60 Å². The fourth-order valence-corrected chi connectivity index (χ4v) is 3.68. The van der Waals surface area contributed by atoms with Crippen LogP contribution >= 0.6 is 0 Å². The van der Waals surface area contributed by atoms with Gasteiger partial charge in [0.05, 0.1) is 17.2 Å². The lowest BCUT2D eigenvalue weighted by Crippen LogP contribution is -2.47. The average Bonchev–Trinajstić information content (AvgIpc) is 3.39. The van der Waals surface area contributed by atoms with Crippen molar-refractivity contribution in [2.24, 2.45) is 5.92 Å². The third kappa shape index (κ3) is 4.05. The van der Waals surface area contributed by atoms with Crippen molar-refractivity contribution in [3.63, 3.8) is 0 Å². The lowest BCUT2D eigenvalue weighted by atomic mass is 9.95. The van der Waals surface area contributed by atoms with Gasteiger partial charge >= 0.3 is 11.9 Å². The summed E-state index contributed by atoms with van der Waals surface area (Å²) in [7, 11) is 0. The van der Waals surface area contributed by atoms with E-state index in [1.54, 1.807) is 56.3 Å². The van der Waals surface area contributed by atoms with Crippen LogP contribution in [0.15, 0.2) is 48.8 Å². The highest BCUT2D eigenvalue weighted by molar-refractivity contribution is 5.89. The number of carbonyl (C=O) groups is 2. The Bertz CT molecular complexity index is 1250. The first kappa shape index (κ1) is 23.2. The van der Waals surface area contributed by atoms with Gasteiger partial charge in [-0.1, -0.05) is 32.0 Å². The van der Waals surface area contributed by atoms with E-state index in [-0.39, 0.29) is 11.4 Å². The van der Waals surface area contributed by atoms with E-state index in [1.807, 2.05) is 6.07 Å². The average molecular weight is 465 g/mol. The molecule has 1 saturated heterocycles. The van der Waals surface area contributed by atoms with E-state index in [1.165, 1.54) is 10.8 Å². The van der Waals surface area contributed by atoms with Crippen molar-refractivity contribution in [1.29, 1.82) is 5.26 Å². The molecule has 4 rings (SSSR count). The first-order chi connectivity index (χ1) is 16.3. The molecule has 11 nitrogen and oxygen atoms in total. The number of aromatic nitrogens is 3. The highest BCUT2D eigenvalue weighted by Crippen LogP contribution is 2.42. The molecule has 1 fully saturated rings. The van der Waals surface area contributed by atoms with Crippen LogP contribution in [-0.2, 0) is 19.0 Å². The molecule has 0 saturated carbocycles. The molecular weight excluding hydrogens is 442 g/mol. The highest BCUT2D eigenvalue weighted by atomic mass is 16.6. The number of benzene rings is 1. The number of anilines is 1. The van der Waals surface area contributed by atoms with E-state index < -0.39 is 48.4 Å². The third-order valence-electron chi connectivity index (χ3n) is 5.57. The van der Waals surface area contributed by atoms with Gasteiger partial charge in [-0.3, -0.25) is 4.79 Å². The number of esters is 2. The van der Waals surface area contributed by atoms with E-state index in [2.05, 4.69) is 10.1 Å². The van der Waals surface area contributed by atoms with Gasteiger partial charge in [0.25, 0.3) is 0 Å². The summed E-state index contributed by atoms with van der Waals surface area (Å²) in [6.45, 7) is 2.68. The van der Waals surface area contributed by atoms with Gasteiger partial charge in [0.15, 0.2) is 11.9 Å². The predicted octanol–water partition coefficient (Wildman–Crippen LogP) is 1.43. The van der Waals surface area contributed by atoms with Crippen LogP contribution in [0.25, 0.3) is 5.52 Å². The summed E-state index contributed by atoms with van der Waals surface area (Å²) in [5.41, 5.74) is 5.02. The smallest absolute Gasteiger partial charge is 0.338 e. The minimum absolute atomic E-state index is 0.207. The van der Waals surface area contributed by atoms with E-state index in [0.717, 1.165) is 0 Å². The van der Waals surface area contributed by atoms with Gasteiger partial charge in [0, 0.05) is 0 Å². The second-order valence-electron chi connectivity index (χ2n) is 8.18. The molecule has 0 spiro atoms. The number of nitriles is 1.